The fourth-order valence-corrected chi connectivity index (χ4v) is 6.08. The Morgan fingerprint density at radius 3 is 2.27 bits per heavy atom. The van der Waals surface area contributed by atoms with Crippen LogP contribution in [-0.4, -0.2) is 30.5 Å². The van der Waals surface area contributed by atoms with E-state index in [1.165, 1.54) is 81.1 Å². The number of hydrogen-bond donors (Lipinski definition) is 1. The van der Waals surface area contributed by atoms with Crippen LogP contribution in [0.1, 0.15) is 102 Å². The summed E-state index contributed by atoms with van der Waals surface area (Å²) in [5.41, 5.74) is 3.01. The molecule has 0 saturated heterocycles. The number of ether oxygens (including phenoxy) is 1. The van der Waals surface area contributed by atoms with Crippen molar-refractivity contribution in [3.05, 3.63) is 69.7 Å². The maximum absolute atomic E-state index is 12.9. The molecule has 0 radical (unpaired) electrons. The molecule has 0 spiro atoms. The van der Waals surface area contributed by atoms with E-state index in [-0.39, 0.29) is 6.03 Å². The molecule has 2 amide bonds. The summed E-state index contributed by atoms with van der Waals surface area (Å²) in [6.07, 6.45) is 18.0. The van der Waals surface area contributed by atoms with Crippen LogP contribution >= 0.6 is 23.4 Å². The zero-order valence-electron chi connectivity index (χ0n) is 25.4. The predicted octanol–water partition coefficient (Wildman–Crippen LogP) is 10.1. The molecule has 1 heterocycles. The van der Waals surface area contributed by atoms with E-state index in [0.29, 0.717) is 23.9 Å². The van der Waals surface area contributed by atoms with E-state index < -0.39 is 0 Å². The number of hydrogen-bond acceptors (Lipinski definition) is 4. The Morgan fingerprint density at radius 1 is 0.951 bits per heavy atom. The van der Waals surface area contributed by atoms with Crippen LogP contribution in [0, 0.1) is 0 Å². The van der Waals surface area contributed by atoms with Crippen molar-refractivity contribution in [1.82, 2.24) is 10.2 Å². The van der Waals surface area contributed by atoms with Crippen LogP contribution in [0.5, 0.6) is 5.75 Å². The first-order valence-electron chi connectivity index (χ1n) is 15.5. The number of carbonyl (C=O) groups is 1. The minimum atomic E-state index is -0.150. The summed E-state index contributed by atoms with van der Waals surface area (Å²) in [5.74, 6) is 1.65. The number of urea groups is 1. The first kappa shape index (κ1) is 33.2. The third-order valence-corrected chi connectivity index (χ3v) is 8.81. The highest BCUT2D eigenvalue weighted by Crippen LogP contribution is 2.29. The Kier molecular flexibility index (Phi) is 15.4. The van der Waals surface area contributed by atoms with Gasteiger partial charge in [-0.1, -0.05) is 107 Å². The largest absolute Gasteiger partial charge is 0.492 e. The highest BCUT2D eigenvalue weighted by Gasteiger charge is 2.17. The monoisotopic (exact) mass is 599 g/mol. The first-order chi connectivity index (χ1) is 20.0. The van der Waals surface area contributed by atoms with E-state index in [1.54, 1.807) is 11.9 Å². The molecule has 7 heteroatoms. The van der Waals surface area contributed by atoms with Crippen molar-refractivity contribution in [2.75, 3.05) is 24.4 Å². The van der Waals surface area contributed by atoms with Crippen molar-refractivity contribution in [2.45, 2.75) is 104 Å². The number of nitrogens with zero attached hydrogens (tertiary/aromatic N) is 2. The molecule has 0 unspecified atom stereocenters. The van der Waals surface area contributed by atoms with Gasteiger partial charge in [-0.15, -0.1) is 11.8 Å². The number of amides is 2. The topological polar surface area (TPSA) is 44.8 Å². The molecule has 0 aliphatic carbocycles. The quantitative estimate of drug-likeness (QED) is 0.163. The second-order valence-electron chi connectivity index (χ2n) is 11.1. The number of benzene rings is 2. The Labute approximate surface area is 258 Å². The van der Waals surface area contributed by atoms with E-state index in [2.05, 4.69) is 42.4 Å². The van der Waals surface area contributed by atoms with Gasteiger partial charge in [-0.05, 0) is 53.6 Å². The molecule has 1 aliphatic rings. The molecule has 226 valence electrons. The van der Waals surface area contributed by atoms with Gasteiger partial charge in [0.05, 0.1) is 24.1 Å². The van der Waals surface area contributed by atoms with Crippen LogP contribution < -0.4 is 15.0 Å². The van der Waals surface area contributed by atoms with Crippen LogP contribution in [0.2, 0.25) is 5.02 Å². The maximum Gasteiger partial charge on any atom is 0.321 e. The number of thioether (sulfide) groups is 1. The average Bonchev–Trinajstić information content (AvgIpc) is 3.39. The van der Waals surface area contributed by atoms with E-state index in [1.807, 2.05) is 42.1 Å². The molecule has 0 bridgehead atoms. The number of rotatable bonds is 19. The maximum atomic E-state index is 12.9. The summed E-state index contributed by atoms with van der Waals surface area (Å²) < 4.78 is 6.08. The smallest absolute Gasteiger partial charge is 0.321 e. The van der Waals surface area contributed by atoms with Crippen molar-refractivity contribution in [1.29, 1.82) is 0 Å². The number of anilines is 1. The molecule has 3 rings (SSSR count). The van der Waals surface area contributed by atoms with Crippen molar-refractivity contribution in [2.24, 2.45) is 0 Å². The number of nitrogens with one attached hydrogen (secondary N) is 1. The Morgan fingerprint density at radius 2 is 1.63 bits per heavy atom. The lowest BCUT2D eigenvalue weighted by atomic mass is 10.1. The summed E-state index contributed by atoms with van der Waals surface area (Å²) in [5, 5.41) is 3.40. The third kappa shape index (κ3) is 12.2. The Hall–Kier alpha value is -2.31. The number of unbranched alkanes of at least 4 members (excludes halogenated alkanes) is 11. The predicted molar refractivity (Wildman–Crippen MR) is 177 cm³/mol. The van der Waals surface area contributed by atoms with Gasteiger partial charge < -0.3 is 15.0 Å². The molecular weight excluding hydrogens is 550 g/mol. The molecule has 41 heavy (non-hydrogen) atoms. The minimum absolute atomic E-state index is 0.150. The fraction of sp³-hybridized carbons (Fsp3) is 0.559. The summed E-state index contributed by atoms with van der Waals surface area (Å²) in [7, 11) is 1.67. The van der Waals surface area contributed by atoms with Crippen LogP contribution in [0.4, 0.5) is 10.5 Å². The lowest BCUT2D eigenvalue weighted by molar-refractivity contribution is 0.248. The van der Waals surface area contributed by atoms with Crippen LogP contribution in [0.25, 0.3) is 0 Å². The van der Waals surface area contributed by atoms with Crippen molar-refractivity contribution >= 4 is 35.1 Å². The summed E-state index contributed by atoms with van der Waals surface area (Å²) in [6.45, 7) is 6.31. The SMILES string of the molecule is CCCCCCCCCCCCCCOc1cc(CN(C(=O)NC)c2cccc(CN3C=C(C)SC3)c2)ccc1Cl. The summed E-state index contributed by atoms with van der Waals surface area (Å²) in [4.78, 5) is 18.3. The van der Waals surface area contributed by atoms with Gasteiger partial charge in [-0.25, -0.2) is 4.79 Å². The van der Waals surface area contributed by atoms with Gasteiger partial charge >= 0.3 is 6.03 Å². The van der Waals surface area contributed by atoms with Gasteiger partial charge in [0.2, 0.25) is 0 Å². The first-order valence-corrected chi connectivity index (χ1v) is 16.9. The molecule has 0 atom stereocenters. The van der Waals surface area contributed by atoms with Gasteiger partial charge in [-0.2, -0.15) is 0 Å². The normalized spacial score (nSPS) is 12.9. The Balaban J connectivity index is 1.45. The average molecular weight is 600 g/mol. The zero-order valence-corrected chi connectivity index (χ0v) is 27.0. The molecule has 1 aliphatic heterocycles. The molecule has 5 nitrogen and oxygen atoms in total. The van der Waals surface area contributed by atoms with Gasteiger partial charge in [0.25, 0.3) is 0 Å². The van der Waals surface area contributed by atoms with E-state index >= 15 is 0 Å². The van der Waals surface area contributed by atoms with E-state index in [4.69, 9.17) is 16.3 Å². The lowest BCUT2D eigenvalue weighted by Crippen LogP contribution is -2.37. The number of carbonyl (C=O) groups excluding carboxylic acids is 1. The second kappa shape index (κ2) is 19.0. The standard InChI is InChI=1S/C34H50ClN3O2S/c1-4-5-6-7-8-9-10-11-12-13-14-15-21-40-33-23-30(19-20-32(33)35)26-38(34(39)36-3)31-18-16-17-29(22-31)25-37-24-28(2)41-27-37/h16-20,22-24H,4-15,21,25-27H2,1-3H3,(H,36,39). The highest BCUT2D eigenvalue weighted by atomic mass is 35.5. The molecule has 0 fully saturated rings. The summed E-state index contributed by atoms with van der Waals surface area (Å²) >= 11 is 8.33. The van der Waals surface area contributed by atoms with Gasteiger partial charge in [-0.3, -0.25) is 4.90 Å². The van der Waals surface area contributed by atoms with Gasteiger partial charge in [0.15, 0.2) is 0 Å². The molecule has 0 saturated carbocycles. The van der Waals surface area contributed by atoms with Crippen molar-refractivity contribution < 1.29 is 9.53 Å². The molecule has 0 aromatic heterocycles. The third-order valence-electron chi connectivity index (χ3n) is 7.48. The van der Waals surface area contributed by atoms with E-state index in [0.717, 1.165) is 30.1 Å². The minimum Gasteiger partial charge on any atom is -0.492 e. The van der Waals surface area contributed by atoms with Crippen LogP contribution in [0.3, 0.4) is 0 Å². The molecular formula is C34H50ClN3O2S. The van der Waals surface area contributed by atoms with Crippen molar-refractivity contribution in [3.63, 3.8) is 0 Å². The zero-order chi connectivity index (χ0) is 29.3. The fourth-order valence-electron chi connectivity index (χ4n) is 5.14. The van der Waals surface area contributed by atoms with Crippen molar-refractivity contribution in [3.8, 4) is 5.75 Å². The molecule has 2 aromatic rings. The van der Waals surface area contributed by atoms with Crippen LogP contribution in [-0.2, 0) is 13.1 Å². The van der Waals surface area contributed by atoms with Gasteiger partial charge in [0.1, 0.15) is 5.75 Å². The second-order valence-corrected chi connectivity index (χ2v) is 12.7. The lowest BCUT2D eigenvalue weighted by Gasteiger charge is -2.24. The van der Waals surface area contributed by atoms with Gasteiger partial charge in [0, 0.05) is 25.5 Å². The molecule has 2 aromatic carbocycles. The number of allylic oxidation sites excluding steroid dienone is 1. The molecule has 1 N–H and O–H groups in total. The van der Waals surface area contributed by atoms with Crippen LogP contribution in [0.15, 0.2) is 53.6 Å². The highest BCUT2D eigenvalue weighted by molar-refractivity contribution is 8.03. The van der Waals surface area contributed by atoms with E-state index in [9.17, 15) is 4.79 Å². The Bertz CT molecular complexity index is 1090. The number of halogens is 1. The summed E-state index contributed by atoms with van der Waals surface area (Å²) in [6, 6.07) is 13.9.